The third kappa shape index (κ3) is 4.03. The summed E-state index contributed by atoms with van der Waals surface area (Å²) in [4.78, 5) is 14.8. The van der Waals surface area contributed by atoms with Crippen LogP contribution in [0.2, 0.25) is 0 Å². The first-order valence-corrected chi connectivity index (χ1v) is 8.51. The van der Waals surface area contributed by atoms with E-state index in [1.54, 1.807) is 19.1 Å². The Bertz CT molecular complexity index is 939. The van der Waals surface area contributed by atoms with Crippen LogP contribution in [0.3, 0.4) is 0 Å². The molecule has 0 bridgehead atoms. The predicted octanol–water partition coefficient (Wildman–Crippen LogP) is 4.97. The molecule has 0 radical (unpaired) electrons. The molecule has 1 heterocycles. The van der Waals surface area contributed by atoms with Gasteiger partial charge in [0.15, 0.2) is 0 Å². The number of H-pyrrole nitrogens is 1. The summed E-state index contributed by atoms with van der Waals surface area (Å²) < 4.78 is 10.8. The van der Waals surface area contributed by atoms with Crippen molar-refractivity contribution in [3.05, 3.63) is 78.0 Å². The number of nitrogens with one attached hydrogen (secondary N) is 1. The molecule has 0 aliphatic heterocycles. The summed E-state index contributed by atoms with van der Waals surface area (Å²) in [5, 5.41) is 0.995. The van der Waals surface area contributed by atoms with Gasteiger partial charge in [0.1, 0.15) is 12.4 Å². The number of fused-ring (bicyclic) bond motifs is 1. The van der Waals surface area contributed by atoms with E-state index in [-0.39, 0.29) is 5.97 Å². The normalized spacial score (nSPS) is 11.0. The van der Waals surface area contributed by atoms with Gasteiger partial charge in [-0.05, 0) is 36.8 Å². The first-order valence-electron chi connectivity index (χ1n) is 8.51. The molecule has 4 heteroatoms. The topological polar surface area (TPSA) is 51.3 Å². The molecular formula is C22H21NO3. The minimum absolute atomic E-state index is 0.353. The van der Waals surface area contributed by atoms with Gasteiger partial charge < -0.3 is 14.5 Å². The molecule has 1 N–H and O–H groups in total. The van der Waals surface area contributed by atoms with Crippen LogP contribution in [-0.2, 0) is 16.1 Å². The van der Waals surface area contributed by atoms with Gasteiger partial charge in [0.2, 0.25) is 0 Å². The van der Waals surface area contributed by atoms with E-state index in [4.69, 9.17) is 9.47 Å². The molecule has 0 unspecified atom stereocenters. The van der Waals surface area contributed by atoms with Crippen LogP contribution in [0.4, 0.5) is 0 Å². The van der Waals surface area contributed by atoms with Crippen molar-refractivity contribution in [1.29, 1.82) is 0 Å². The quantitative estimate of drug-likeness (QED) is 0.485. The highest BCUT2D eigenvalue weighted by atomic mass is 16.5. The molecule has 4 nitrogen and oxygen atoms in total. The van der Waals surface area contributed by atoms with E-state index in [1.165, 1.54) is 6.08 Å². The van der Waals surface area contributed by atoms with Crippen molar-refractivity contribution in [2.24, 2.45) is 0 Å². The van der Waals surface area contributed by atoms with Crippen LogP contribution >= 0.6 is 0 Å². The highest BCUT2D eigenvalue weighted by Crippen LogP contribution is 2.28. The van der Waals surface area contributed by atoms with Gasteiger partial charge in [0, 0.05) is 28.2 Å². The highest BCUT2D eigenvalue weighted by molar-refractivity contribution is 5.96. The van der Waals surface area contributed by atoms with Crippen molar-refractivity contribution >= 4 is 29.0 Å². The fourth-order valence-electron chi connectivity index (χ4n) is 2.74. The average molecular weight is 347 g/mol. The van der Waals surface area contributed by atoms with E-state index in [0.717, 1.165) is 33.5 Å². The maximum atomic E-state index is 11.5. The van der Waals surface area contributed by atoms with Gasteiger partial charge in [0.25, 0.3) is 0 Å². The average Bonchev–Trinajstić information content (AvgIpc) is 3.02. The van der Waals surface area contributed by atoms with Gasteiger partial charge in [-0.3, -0.25) is 0 Å². The lowest BCUT2D eigenvalue weighted by atomic mass is 10.1. The van der Waals surface area contributed by atoms with E-state index in [0.29, 0.717) is 13.2 Å². The van der Waals surface area contributed by atoms with Gasteiger partial charge in [-0.25, -0.2) is 4.79 Å². The molecule has 0 spiro atoms. The molecule has 0 aliphatic carbocycles. The number of ether oxygens (including phenoxy) is 2. The Morgan fingerprint density at radius 2 is 2.00 bits per heavy atom. The molecule has 0 saturated carbocycles. The Labute approximate surface area is 152 Å². The smallest absolute Gasteiger partial charge is 0.330 e. The van der Waals surface area contributed by atoms with Crippen molar-refractivity contribution in [2.75, 3.05) is 6.61 Å². The number of hydrogen-bond acceptors (Lipinski definition) is 3. The molecule has 3 aromatic rings. The second-order valence-electron chi connectivity index (χ2n) is 5.72. The zero-order valence-corrected chi connectivity index (χ0v) is 14.7. The molecule has 0 fully saturated rings. The molecule has 26 heavy (non-hydrogen) atoms. The van der Waals surface area contributed by atoms with E-state index in [9.17, 15) is 4.79 Å². The first kappa shape index (κ1) is 17.5. The predicted molar refractivity (Wildman–Crippen MR) is 105 cm³/mol. The van der Waals surface area contributed by atoms with Crippen molar-refractivity contribution < 1.29 is 14.3 Å². The summed E-state index contributed by atoms with van der Waals surface area (Å²) in [5.41, 5.74) is 3.80. The Morgan fingerprint density at radius 1 is 1.19 bits per heavy atom. The molecule has 0 aliphatic rings. The monoisotopic (exact) mass is 347 g/mol. The number of benzene rings is 2. The van der Waals surface area contributed by atoms with Gasteiger partial charge in [0.05, 0.1) is 6.61 Å². The maximum Gasteiger partial charge on any atom is 0.330 e. The Hall–Kier alpha value is -3.27. The second-order valence-corrected chi connectivity index (χ2v) is 5.72. The standard InChI is InChI=1S/C22H21NO3/c1-3-18-19-14-17(26-15-16-8-6-5-7-9-16)10-11-21(19)23-20(18)12-13-22(24)25-4-2/h3,5-14,23H,1,4,15H2,2H3/b13-12+. The summed E-state index contributed by atoms with van der Waals surface area (Å²) >= 11 is 0. The Morgan fingerprint density at radius 3 is 2.73 bits per heavy atom. The SMILES string of the molecule is C=Cc1c(/C=C/C(=O)OCC)[nH]c2ccc(OCc3ccccc3)cc12. The number of aromatic amines is 1. The third-order valence-electron chi connectivity index (χ3n) is 3.97. The van der Waals surface area contributed by atoms with Crippen LogP contribution < -0.4 is 4.74 Å². The summed E-state index contributed by atoms with van der Waals surface area (Å²) in [7, 11) is 0. The van der Waals surface area contributed by atoms with E-state index in [2.05, 4.69) is 11.6 Å². The summed E-state index contributed by atoms with van der Waals surface area (Å²) in [6, 6.07) is 15.9. The van der Waals surface area contributed by atoms with Crippen molar-refractivity contribution in [3.8, 4) is 5.75 Å². The molecule has 0 atom stereocenters. The summed E-state index contributed by atoms with van der Waals surface area (Å²) in [6.07, 6.45) is 4.89. The van der Waals surface area contributed by atoms with Crippen LogP contribution in [0.25, 0.3) is 23.1 Å². The van der Waals surface area contributed by atoms with Crippen molar-refractivity contribution in [2.45, 2.75) is 13.5 Å². The number of esters is 1. The van der Waals surface area contributed by atoms with Crippen LogP contribution in [0.1, 0.15) is 23.7 Å². The maximum absolute atomic E-state index is 11.5. The van der Waals surface area contributed by atoms with Crippen molar-refractivity contribution in [3.63, 3.8) is 0 Å². The fraction of sp³-hybridized carbons (Fsp3) is 0.136. The fourth-order valence-corrected chi connectivity index (χ4v) is 2.74. The molecule has 1 aromatic heterocycles. The number of rotatable bonds is 7. The number of carbonyl (C=O) groups is 1. The summed E-state index contributed by atoms with van der Waals surface area (Å²) in [5.74, 6) is 0.414. The number of hydrogen-bond donors (Lipinski definition) is 1. The van der Waals surface area contributed by atoms with E-state index >= 15 is 0 Å². The zero-order chi connectivity index (χ0) is 18.4. The molecule has 0 saturated heterocycles. The van der Waals surface area contributed by atoms with Gasteiger partial charge >= 0.3 is 5.97 Å². The minimum Gasteiger partial charge on any atom is -0.489 e. The summed E-state index contributed by atoms with van der Waals surface area (Å²) in [6.45, 7) is 6.53. The van der Waals surface area contributed by atoms with Gasteiger partial charge in [-0.1, -0.05) is 43.0 Å². The lowest BCUT2D eigenvalue weighted by molar-refractivity contribution is -0.137. The molecule has 0 amide bonds. The minimum atomic E-state index is -0.368. The van der Waals surface area contributed by atoms with E-state index < -0.39 is 0 Å². The van der Waals surface area contributed by atoms with Crippen LogP contribution in [0.5, 0.6) is 5.75 Å². The molecule has 3 rings (SSSR count). The second kappa shape index (κ2) is 8.21. The van der Waals surface area contributed by atoms with Crippen LogP contribution in [0, 0.1) is 0 Å². The van der Waals surface area contributed by atoms with Crippen molar-refractivity contribution in [1.82, 2.24) is 4.98 Å². The largest absolute Gasteiger partial charge is 0.489 e. The zero-order valence-electron chi connectivity index (χ0n) is 14.7. The Balaban J connectivity index is 1.84. The van der Waals surface area contributed by atoms with Gasteiger partial charge in [-0.2, -0.15) is 0 Å². The van der Waals surface area contributed by atoms with E-state index in [1.807, 2.05) is 48.5 Å². The first-order chi connectivity index (χ1) is 12.7. The lowest BCUT2D eigenvalue weighted by Gasteiger charge is -2.06. The molecule has 132 valence electrons. The van der Waals surface area contributed by atoms with Crippen LogP contribution in [0.15, 0.2) is 61.2 Å². The third-order valence-corrected chi connectivity index (χ3v) is 3.97. The lowest BCUT2D eigenvalue weighted by Crippen LogP contribution is -1.98. The number of carbonyl (C=O) groups excluding carboxylic acids is 1. The Kier molecular flexibility index (Phi) is 5.54. The highest BCUT2D eigenvalue weighted by Gasteiger charge is 2.09. The molecule has 2 aromatic carbocycles. The molecular weight excluding hydrogens is 326 g/mol. The number of aromatic nitrogens is 1. The van der Waals surface area contributed by atoms with Crippen LogP contribution in [-0.4, -0.2) is 17.6 Å². The van der Waals surface area contributed by atoms with Gasteiger partial charge in [-0.15, -0.1) is 0 Å².